The van der Waals surface area contributed by atoms with Crippen LogP contribution in [0.25, 0.3) is 0 Å². The topological polar surface area (TPSA) is 266 Å². The van der Waals surface area contributed by atoms with Crippen LogP contribution in [-0.4, -0.2) is 154 Å². The highest BCUT2D eigenvalue weighted by Crippen LogP contribution is 2.29. The highest BCUT2D eigenvalue weighted by atomic mass is 16.7. The summed E-state index contributed by atoms with van der Waals surface area (Å²) in [5.41, 5.74) is 0. The van der Waals surface area contributed by atoms with E-state index in [-0.39, 0.29) is 31.3 Å². The van der Waals surface area contributed by atoms with Crippen LogP contribution in [0, 0.1) is 0 Å². The third kappa shape index (κ3) is 14.4. The zero-order valence-electron chi connectivity index (χ0n) is 28.9. The fourth-order valence-corrected chi connectivity index (χ4v) is 5.64. The quantitative estimate of drug-likeness (QED) is 0.0376. The van der Waals surface area contributed by atoms with Gasteiger partial charge in [-0.2, -0.15) is 0 Å². The van der Waals surface area contributed by atoms with E-state index in [1.165, 1.54) is 6.08 Å². The van der Waals surface area contributed by atoms with E-state index >= 15 is 0 Å². The van der Waals surface area contributed by atoms with Crippen LogP contribution in [0.5, 0.6) is 0 Å². The van der Waals surface area contributed by atoms with Crippen molar-refractivity contribution < 1.29 is 69.1 Å². The Labute approximate surface area is 293 Å². The lowest BCUT2D eigenvalue weighted by Gasteiger charge is -2.46. The van der Waals surface area contributed by atoms with Crippen molar-refractivity contribution in [3.8, 4) is 0 Å². The smallest absolute Gasteiger partial charge is 0.243 e. The molecular weight excluding hydrogens is 662 g/mol. The number of carbonyl (C=O) groups excluding carboxylic acids is 3. The predicted octanol–water partition coefficient (Wildman–Crippen LogP) is -2.16. The Morgan fingerprint density at radius 2 is 1.36 bits per heavy atom. The molecule has 0 aromatic heterocycles. The molecule has 0 spiro atoms. The van der Waals surface area contributed by atoms with Gasteiger partial charge >= 0.3 is 0 Å². The van der Waals surface area contributed by atoms with Gasteiger partial charge in [0, 0.05) is 25.9 Å². The summed E-state index contributed by atoms with van der Waals surface area (Å²) in [6, 6.07) is -0.976. The van der Waals surface area contributed by atoms with Crippen LogP contribution < -0.4 is 16.0 Å². The number of unbranched alkanes of at least 4 members (excludes halogenated alkanes) is 7. The molecular formula is C33H59N3O14. The van der Waals surface area contributed by atoms with Gasteiger partial charge in [0.15, 0.2) is 12.6 Å². The van der Waals surface area contributed by atoms with E-state index in [1.807, 2.05) is 0 Å². The van der Waals surface area contributed by atoms with Crippen LogP contribution in [0.3, 0.4) is 0 Å². The molecule has 2 heterocycles. The Bertz CT molecular complexity index is 1000. The number of rotatable bonds is 24. The highest BCUT2D eigenvalue weighted by Gasteiger charge is 2.50. The summed E-state index contributed by atoms with van der Waals surface area (Å²) < 4.78 is 22.2. The summed E-state index contributed by atoms with van der Waals surface area (Å²) in [6.07, 6.45) is -6.51. The van der Waals surface area contributed by atoms with E-state index in [0.29, 0.717) is 32.4 Å². The molecule has 2 aliphatic heterocycles. The molecule has 0 bridgehead atoms. The zero-order chi connectivity index (χ0) is 37.1. The van der Waals surface area contributed by atoms with E-state index in [9.17, 15) is 50.1 Å². The molecule has 2 aliphatic rings. The maximum Gasteiger partial charge on any atom is 0.243 e. The summed E-state index contributed by atoms with van der Waals surface area (Å²) in [5.74, 6) is -1.03. The number of nitrogens with one attached hydrogen (secondary N) is 3. The minimum absolute atomic E-state index is 0.0150. The lowest BCUT2D eigenvalue weighted by Crippen LogP contribution is -2.64. The number of ether oxygens (including phenoxy) is 4. The third-order valence-corrected chi connectivity index (χ3v) is 8.70. The van der Waals surface area contributed by atoms with E-state index in [0.717, 1.165) is 38.5 Å². The first-order valence-electron chi connectivity index (χ1n) is 17.7. The van der Waals surface area contributed by atoms with Crippen molar-refractivity contribution >= 4 is 17.7 Å². The summed E-state index contributed by atoms with van der Waals surface area (Å²) >= 11 is 0. The molecule has 2 fully saturated rings. The van der Waals surface area contributed by atoms with Crippen LogP contribution in [0.1, 0.15) is 77.6 Å². The highest BCUT2D eigenvalue weighted by molar-refractivity contribution is 5.87. The molecule has 0 unspecified atom stereocenters. The van der Waals surface area contributed by atoms with Crippen molar-refractivity contribution in [1.29, 1.82) is 0 Å². The van der Waals surface area contributed by atoms with E-state index in [4.69, 9.17) is 18.9 Å². The van der Waals surface area contributed by atoms with Crippen molar-refractivity contribution in [1.82, 2.24) is 16.0 Å². The van der Waals surface area contributed by atoms with Crippen LogP contribution in [0.15, 0.2) is 12.7 Å². The Kier molecular flexibility index (Phi) is 21.1. The van der Waals surface area contributed by atoms with Gasteiger partial charge in [0.2, 0.25) is 17.7 Å². The standard InChI is InChI=1S/C33H59N3O14/c1-3-5-6-7-8-11-16-35-31(46)20(36-24(40)13-10-9-12-15-34-23(39)4-2)14-17-47-32-29(45)27(43)30(22(19-38)49-32)50-33-28(44)26(42)25(41)21(18-37)48-33/h4,20-22,25-30,32-33,37-38,41-45H,2-3,5-19H2,1H3,(H,34,39)(H,35,46)(H,36,40)/t20-,21-,22-,25+,26+,27-,28-,29-,30-,32-,33+/m1/s1. The molecule has 11 atom stereocenters. The lowest BCUT2D eigenvalue weighted by atomic mass is 9.97. The van der Waals surface area contributed by atoms with Gasteiger partial charge in [0.05, 0.1) is 19.8 Å². The van der Waals surface area contributed by atoms with Gasteiger partial charge in [-0.1, -0.05) is 52.0 Å². The first-order chi connectivity index (χ1) is 24.0. The molecule has 3 amide bonds. The van der Waals surface area contributed by atoms with Gasteiger partial charge in [-0.25, -0.2) is 0 Å². The van der Waals surface area contributed by atoms with Crippen molar-refractivity contribution in [3.63, 3.8) is 0 Å². The van der Waals surface area contributed by atoms with E-state index < -0.39 is 86.6 Å². The molecule has 0 aromatic carbocycles. The lowest BCUT2D eigenvalue weighted by molar-refractivity contribution is -0.359. The Morgan fingerprint density at radius 1 is 0.760 bits per heavy atom. The fraction of sp³-hybridized carbons (Fsp3) is 0.848. The number of hydrogen-bond acceptors (Lipinski definition) is 14. The largest absolute Gasteiger partial charge is 0.394 e. The molecule has 17 heteroatoms. The first kappa shape index (κ1) is 43.9. The Hall–Kier alpha value is -2.29. The molecule has 50 heavy (non-hydrogen) atoms. The molecule has 290 valence electrons. The van der Waals surface area contributed by atoms with Crippen molar-refractivity contribution in [2.24, 2.45) is 0 Å². The molecule has 10 N–H and O–H groups in total. The third-order valence-electron chi connectivity index (χ3n) is 8.70. The average molecular weight is 722 g/mol. The normalized spacial score (nSPS) is 30.3. The number of amides is 3. The number of aliphatic hydroxyl groups excluding tert-OH is 7. The number of aliphatic hydroxyl groups is 7. The molecule has 2 saturated heterocycles. The van der Waals surface area contributed by atoms with Gasteiger partial charge < -0.3 is 70.6 Å². The maximum absolute atomic E-state index is 13.1. The van der Waals surface area contributed by atoms with Crippen LogP contribution in [0.4, 0.5) is 0 Å². The van der Waals surface area contributed by atoms with Gasteiger partial charge in [0.25, 0.3) is 0 Å². The molecule has 0 saturated carbocycles. The maximum atomic E-state index is 13.1. The second-order valence-electron chi connectivity index (χ2n) is 12.6. The Balaban J connectivity index is 1.94. The SMILES string of the molecule is C=CC(=O)NCCCCCC(=O)N[C@H](CCO[C@@H]1O[C@H](CO)[C@@H](O[C@@H]2O[C@H](CO)[C@H](O)[C@H](O)[C@H]2O)[C@H](O)[C@H]1O)C(=O)NCCCCCCCC. The summed E-state index contributed by atoms with van der Waals surface area (Å²) in [4.78, 5) is 37.1. The van der Waals surface area contributed by atoms with Crippen molar-refractivity contribution in [2.45, 2.75) is 145 Å². The first-order valence-corrected chi connectivity index (χ1v) is 17.7. The second kappa shape index (κ2) is 24.0. The monoisotopic (exact) mass is 721 g/mol. The van der Waals surface area contributed by atoms with Crippen LogP contribution >= 0.6 is 0 Å². The predicted molar refractivity (Wildman–Crippen MR) is 177 cm³/mol. The minimum atomic E-state index is -1.80. The molecule has 0 aliphatic carbocycles. The van der Waals surface area contributed by atoms with Crippen LogP contribution in [0.2, 0.25) is 0 Å². The molecule has 0 aromatic rings. The van der Waals surface area contributed by atoms with E-state index in [1.54, 1.807) is 0 Å². The average Bonchev–Trinajstić information content (AvgIpc) is 3.11. The van der Waals surface area contributed by atoms with E-state index in [2.05, 4.69) is 29.5 Å². The summed E-state index contributed by atoms with van der Waals surface area (Å²) in [6.45, 7) is 4.76. The molecule has 17 nitrogen and oxygen atoms in total. The van der Waals surface area contributed by atoms with Crippen molar-refractivity contribution in [2.75, 3.05) is 32.9 Å². The Morgan fingerprint density at radius 3 is 2.02 bits per heavy atom. The molecule has 2 rings (SSSR count). The van der Waals surface area contributed by atoms with Crippen LogP contribution in [-0.2, 0) is 33.3 Å². The zero-order valence-corrected chi connectivity index (χ0v) is 28.9. The number of carbonyl (C=O) groups is 3. The second-order valence-corrected chi connectivity index (χ2v) is 12.6. The number of hydrogen-bond donors (Lipinski definition) is 10. The van der Waals surface area contributed by atoms with Gasteiger partial charge in [-0.15, -0.1) is 0 Å². The summed E-state index contributed by atoms with van der Waals surface area (Å²) in [5, 5.41) is 79.7. The fourth-order valence-electron chi connectivity index (χ4n) is 5.64. The van der Waals surface area contributed by atoms with Gasteiger partial charge in [0.1, 0.15) is 54.9 Å². The van der Waals surface area contributed by atoms with Gasteiger partial charge in [-0.05, 0) is 25.3 Å². The summed E-state index contributed by atoms with van der Waals surface area (Å²) in [7, 11) is 0. The van der Waals surface area contributed by atoms with Crippen molar-refractivity contribution in [3.05, 3.63) is 12.7 Å². The minimum Gasteiger partial charge on any atom is -0.394 e. The molecule has 0 radical (unpaired) electrons. The van der Waals surface area contributed by atoms with Gasteiger partial charge in [-0.3, -0.25) is 14.4 Å².